The fraction of sp³-hybridized carbons (Fsp3) is 0.769. The summed E-state index contributed by atoms with van der Waals surface area (Å²) in [5, 5.41) is 19.4. The van der Waals surface area contributed by atoms with Gasteiger partial charge in [-0.1, -0.05) is 24.2 Å². The van der Waals surface area contributed by atoms with Crippen molar-refractivity contribution in [2.24, 2.45) is 5.92 Å². The number of fused-ring (bicyclic) bond motifs is 1. The first-order valence-electron chi connectivity index (χ1n) is 6.98. The van der Waals surface area contributed by atoms with Gasteiger partial charge in [-0.05, 0) is 38.5 Å². The Labute approximate surface area is 116 Å². The molecule has 1 aliphatic carbocycles. The highest BCUT2D eigenvalue weighted by Crippen LogP contribution is 2.41. The lowest BCUT2D eigenvalue weighted by Crippen LogP contribution is -2.55. The number of nitrogens with zero attached hydrogens (tertiary/aromatic N) is 3. The van der Waals surface area contributed by atoms with Gasteiger partial charge in [0.05, 0.1) is 0 Å². The van der Waals surface area contributed by atoms with Crippen LogP contribution in [0.2, 0.25) is 0 Å². The number of hydrogen-bond acceptors (Lipinski definition) is 5. The summed E-state index contributed by atoms with van der Waals surface area (Å²) in [6.07, 6.45) is 6.56. The molecule has 1 aromatic heterocycles. The van der Waals surface area contributed by atoms with Crippen LogP contribution < -0.4 is 4.90 Å². The quantitative estimate of drug-likeness (QED) is 0.902. The first-order valence-corrected chi connectivity index (χ1v) is 7.79. The van der Waals surface area contributed by atoms with E-state index in [1.807, 2.05) is 6.92 Å². The standard InChI is InChI=1S/C13H19N3O2S/c1-8-14-15-13(19-8)16-10-5-3-2-4-9(10)6-7-11(16)12(17)18/h9-11H,2-7H2,1H3,(H,17,18). The number of carboxylic acid groups (broad SMARTS) is 1. The van der Waals surface area contributed by atoms with Crippen molar-refractivity contribution in [3.8, 4) is 0 Å². The zero-order valence-corrected chi connectivity index (χ0v) is 11.9. The van der Waals surface area contributed by atoms with Crippen LogP contribution in [0.25, 0.3) is 0 Å². The van der Waals surface area contributed by atoms with Crippen molar-refractivity contribution in [2.75, 3.05) is 4.90 Å². The van der Waals surface area contributed by atoms with Crippen LogP contribution in [0.4, 0.5) is 5.13 Å². The summed E-state index contributed by atoms with van der Waals surface area (Å²) >= 11 is 1.51. The minimum absolute atomic E-state index is 0.343. The number of piperidine rings is 1. The maximum absolute atomic E-state index is 11.5. The normalized spacial score (nSPS) is 31.0. The Morgan fingerprint density at radius 2 is 2.05 bits per heavy atom. The summed E-state index contributed by atoms with van der Waals surface area (Å²) in [4.78, 5) is 13.6. The Bertz CT molecular complexity index is 476. The zero-order chi connectivity index (χ0) is 13.4. The first kappa shape index (κ1) is 12.8. The zero-order valence-electron chi connectivity index (χ0n) is 11.1. The molecule has 1 saturated carbocycles. The Kier molecular flexibility index (Phi) is 3.43. The van der Waals surface area contributed by atoms with Crippen LogP contribution in [0, 0.1) is 12.8 Å². The van der Waals surface area contributed by atoms with Crippen molar-refractivity contribution < 1.29 is 9.90 Å². The Balaban J connectivity index is 1.94. The summed E-state index contributed by atoms with van der Waals surface area (Å²) in [7, 11) is 0. The van der Waals surface area contributed by atoms with Gasteiger partial charge in [0.15, 0.2) is 0 Å². The molecule has 1 N–H and O–H groups in total. The fourth-order valence-electron chi connectivity index (χ4n) is 3.54. The highest BCUT2D eigenvalue weighted by Gasteiger charge is 2.42. The summed E-state index contributed by atoms with van der Waals surface area (Å²) in [5.74, 6) is -0.0922. The molecule has 104 valence electrons. The topological polar surface area (TPSA) is 66.3 Å². The summed E-state index contributed by atoms with van der Waals surface area (Å²) in [6, 6.07) is -0.0809. The van der Waals surface area contributed by atoms with Crippen LogP contribution in [0.15, 0.2) is 0 Å². The lowest BCUT2D eigenvalue weighted by molar-refractivity contribution is -0.139. The molecular formula is C13H19N3O2S. The Hall–Kier alpha value is -1.17. The molecule has 0 aromatic carbocycles. The van der Waals surface area contributed by atoms with Gasteiger partial charge in [0.1, 0.15) is 11.0 Å². The summed E-state index contributed by atoms with van der Waals surface area (Å²) in [6.45, 7) is 1.92. The smallest absolute Gasteiger partial charge is 0.326 e. The number of aryl methyl sites for hydroxylation is 1. The van der Waals surface area contributed by atoms with Crippen molar-refractivity contribution >= 4 is 22.4 Å². The molecule has 0 bridgehead atoms. The van der Waals surface area contributed by atoms with Crippen LogP contribution in [-0.4, -0.2) is 33.4 Å². The molecule has 19 heavy (non-hydrogen) atoms. The van der Waals surface area contributed by atoms with Gasteiger partial charge in [-0.2, -0.15) is 0 Å². The number of rotatable bonds is 2. The van der Waals surface area contributed by atoms with Gasteiger partial charge in [-0.25, -0.2) is 4.79 Å². The van der Waals surface area contributed by atoms with Crippen LogP contribution >= 0.6 is 11.3 Å². The monoisotopic (exact) mass is 281 g/mol. The van der Waals surface area contributed by atoms with E-state index in [-0.39, 0.29) is 0 Å². The third kappa shape index (κ3) is 2.33. The molecule has 1 saturated heterocycles. The number of anilines is 1. The van der Waals surface area contributed by atoms with Gasteiger partial charge in [-0.15, -0.1) is 10.2 Å². The number of carboxylic acids is 1. The van der Waals surface area contributed by atoms with E-state index in [4.69, 9.17) is 0 Å². The van der Waals surface area contributed by atoms with Gasteiger partial charge in [0.2, 0.25) is 5.13 Å². The molecule has 0 amide bonds. The second-order valence-corrected chi connectivity index (χ2v) is 6.71. The molecular weight excluding hydrogens is 262 g/mol. The van der Waals surface area contributed by atoms with Gasteiger partial charge < -0.3 is 10.0 Å². The minimum Gasteiger partial charge on any atom is -0.480 e. The predicted octanol–water partition coefficient (Wildman–Crippen LogP) is 2.46. The van der Waals surface area contributed by atoms with E-state index in [0.29, 0.717) is 12.0 Å². The van der Waals surface area contributed by atoms with E-state index in [2.05, 4.69) is 15.1 Å². The van der Waals surface area contributed by atoms with Gasteiger partial charge in [0.25, 0.3) is 0 Å². The molecule has 0 radical (unpaired) electrons. The molecule has 5 nitrogen and oxygen atoms in total. The highest BCUT2D eigenvalue weighted by atomic mass is 32.1. The van der Waals surface area contributed by atoms with E-state index < -0.39 is 12.0 Å². The lowest BCUT2D eigenvalue weighted by Gasteiger charge is -2.46. The van der Waals surface area contributed by atoms with Crippen LogP contribution in [0.5, 0.6) is 0 Å². The van der Waals surface area contributed by atoms with Crippen molar-refractivity contribution in [1.82, 2.24) is 10.2 Å². The molecule has 2 heterocycles. The van der Waals surface area contributed by atoms with Crippen LogP contribution in [0.3, 0.4) is 0 Å². The van der Waals surface area contributed by atoms with Crippen molar-refractivity contribution in [3.05, 3.63) is 5.01 Å². The lowest BCUT2D eigenvalue weighted by atomic mass is 9.76. The average Bonchev–Trinajstić information content (AvgIpc) is 2.83. The van der Waals surface area contributed by atoms with E-state index in [1.165, 1.54) is 30.6 Å². The van der Waals surface area contributed by atoms with Gasteiger partial charge >= 0.3 is 5.97 Å². The maximum Gasteiger partial charge on any atom is 0.326 e. The maximum atomic E-state index is 11.5. The first-order chi connectivity index (χ1) is 9.16. The largest absolute Gasteiger partial charge is 0.480 e. The average molecular weight is 281 g/mol. The second-order valence-electron chi connectivity index (χ2n) is 5.55. The highest BCUT2D eigenvalue weighted by molar-refractivity contribution is 7.15. The molecule has 2 aliphatic rings. The predicted molar refractivity (Wildman–Crippen MR) is 73.5 cm³/mol. The number of carbonyl (C=O) groups is 1. The van der Waals surface area contributed by atoms with Gasteiger partial charge in [-0.3, -0.25) is 0 Å². The van der Waals surface area contributed by atoms with Crippen molar-refractivity contribution in [2.45, 2.75) is 57.5 Å². The van der Waals surface area contributed by atoms with Crippen LogP contribution in [-0.2, 0) is 4.79 Å². The molecule has 2 fully saturated rings. The van der Waals surface area contributed by atoms with Crippen LogP contribution in [0.1, 0.15) is 43.5 Å². The molecule has 1 aliphatic heterocycles. The molecule has 3 atom stereocenters. The fourth-order valence-corrected chi connectivity index (χ4v) is 4.34. The Morgan fingerprint density at radius 1 is 1.26 bits per heavy atom. The number of hydrogen-bond donors (Lipinski definition) is 1. The van der Waals surface area contributed by atoms with E-state index in [0.717, 1.165) is 29.4 Å². The second kappa shape index (κ2) is 5.07. The molecule has 3 rings (SSSR count). The molecule has 3 unspecified atom stereocenters. The van der Waals surface area contributed by atoms with Crippen molar-refractivity contribution in [1.29, 1.82) is 0 Å². The van der Waals surface area contributed by atoms with E-state index in [9.17, 15) is 9.90 Å². The molecule has 6 heteroatoms. The van der Waals surface area contributed by atoms with Crippen molar-refractivity contribution in [3.63, 3.8) is 0 Å². The SMILES string of the molecule is Cc1nnc(N2C(C(=O)O)CCC3CCCCC32)s1. The summed E-state index contributed by atoms with van der Waals surface area (Å²) < 4.78 is 0. The molecule has 1 aromatic rings. The number of aromatic nitrogens is 2. The summed E-state index contributed by atoms with van der Waals surface area (Å²) in [5.41, 5.74) is 0. The molecule has 0 spiro atoms. The van der Waals surface area contributed by atoms with Gasteiger partial charge in [0, 0.05) is 6.04 Å². The third-order valence-corrected chi connectivity index (χ3v) is 5.25. The Morgan fingerprint density at radius 3 is 2.74 bits per heavy atom. The third-order valence-electron chi connectivity index (χ3n) is 4.39. The minimum atomic E-state index is -0.725. The van der Waals surface area contributed by atoms with E-state index in [1.54, 1.807) is 0 Å². The number of aliphatic carboxylic acids is 1. The van der Waals surface area contributed by atoms with E-state index >= 15 is 0 Å².